The number of nitrogens with zero attached hydrogens (tertiary/aromatic N) is 2. The molecule has 3 aromatic carbocycles. The number of aromatic nitrogens is 1. The second-order valence-corrected chi connectivity index (χ2v) is 8.09. The summed E-state index contributed by atoms with van der Waals surface area (Å²) in [7, 11) is 1.58. The van der Waals surface area contributed by atoms with Crippen LogP contribution >= 0.6 is 0 Å². The van der Waals surface area contributed by atoms with Gasteiger partial charge >= 0.3 is 0 Å². The van der Waals surface area contributed by atoms with Crippen LogP contribution in [0.4, 0.5) is 0 Å². The molecule has 34 heavy (non-hydrogen) atoms. The van der Waals surface area contributed by atoms with Crippen LogP contribution in [0.3, 0.4) is 0 Å². The van der Waals surface area contributed by atoms with Gasteiger partial charge in [0.2, 0.25) is 0 Å². The highest BCUT2D eigenvalue weighted by Crippen LogP contribution is 2.39. The Balaban J connectivity index is 1.62. The van der Waals surface area contributed by atoms with Crippen LogP contribution in [-0.4, -0.2) is 33.8 Å². The van der Waals surface area contributed by atoms with E-state index in [2.05, 4.69) is 4.98 Å². The van der Waals surface area contributed by atoms with Gasteiger partial charge in [-0.15, -0.1) is 0 Å². The van der Waals surface area contributed by atoms with Crippen molar-refractivity contribution in [3.05, 3.63) is 114 Å². The van der Waals surface area contributed by atoms with Gasteiger partial charge in [-0.25, -0.2) is 0 Å². The molecule has 5 rings (SSSR count). The molecule has 1 aliphatic rings. The van der Waals surface area contributed by atoms with Gasteiger partial charge in [0.1, 0.15) is 17.6 Å². The van der Waals surface area contributed by atoms with Crippen molar-refractivity contribution < 1.29 is 19.4 Å². The van der Waals surface area contributed by atoms with Crippen molar-refractivity contribution in [2.45, 2.75) is 12.6 Å². The van der Waals surface area contributed by atoms with E-state index in [4.69, 9.17) is 4.74 Å². The Morgan fingerprint density at radius 2 is 1.68 bits per heavy atom. The zero-order valence-electron chi connectivity index (χ0n) is 18.5. The number of likely N-dealkylation sites (tertiary alicyclic amines) is 1. The van der Waals surface area contributed by atoms with Crippen LogP contribution < -0.4 is 4.74 Å². The molecule has 168 valence electrons. The average Bonchev–Trinajstić information content (AvgIpc) is 3.14. The lowest BCUT2D eigenvalue weighted by Gasteiger charge is -2.24. The largest absolute Gasteiger partial charge is 0.507 e. The standard InChI is InChI=1S/C28H22N2O4/c1-34-22-13-9-18(10-14-22)17-30-25(23-8-4-5-15-29-23)24(27(32)28(30)33)26(31)21-12-11-19-6-2-3-7-20(19)16-21/h2-16,25,31H,17H2,1H3/b26-24-. The third-order valence-electron chi connectivity index (χ3n) is 6.04. The van der Waals surface area contributed by atoms with Crippen molar-refractivity contribution in [2.24, 2.45) is 0 Å². The summed E-state index contributed by atoms with van der Waals surface area (Å²) in [6, 6.07) is 25.0. The molecule has 1 unspecified atom stereocenters. The minimum Gasteiger partial charge on any atom is -0.507 e. The highest BCUT2D eigenvalue weighted by molar-refractivity contribution is 6.46. The molecule has 1 aliphatic heterocycles. The molecule has 0 saturated carbocycles. The van der Waals surface area contributed by atoms with E-state index in [1.807, 2.05) is 48.5 Å². The molecule has 1 saturated heterocycles. The third kappa shape index (κ3) is 3.79. The first-order valence-corrected chi connectivity index (χ1v) is 10.9. The zero-order chi connectivity index (χ0) is 23.7. The van der Waals surface area contributed by atoms with E-state index in [0.29, 0.717) is 17.0 Å². The maximum absolute atomic E-state index is 13.2. The van der Waals surface area contributed by atoms with Crippen LogP contribution in [0.25, 0.3) is 16.5 Å². The maximum atomic E-state index is 13.2. The lowest BCUT2D eigenvalue weighted by atomic mass is 9.97. The van der Waals surface area contributed by atoms with E-state index in [1.54, 1.807) is 49.7 Å². The molecule has 0 aliphatic carbocycles. The van der Waals surface area contributed by atoms with Gasteiger partial charge in [-0.2, -0.15) is 0 Å². The Morgan fingerprint density at radius 1 is 0.941 bits per heavy atom. The molecule has 1 fully saturated rings. The van der Waals surface area contributed by atoms with Crippen molar-refractivity contribution in [2.75, 3.05) is 7.11 Å². The van der Waals surface area contributed by atoms with Crippen LogP contribution in [-0.2, 0) is 16.1 Å². The van der Waals surface area contributed by atoms with Crippen LogP contribution in [0.2, 0.25) is 0 Å². The number of Topliss-reactive ketones (excluding diaryl/α,β-unsaturated/α-hetero) is 1. The van der Waals surface area contributed by atoms with Gasteiger partial charge in [0, 0.05) is 18.3 Å². The molecule has 1 amide bonds. The van der Waals surface area contributed by atoms with Crippen LogP contribution in [0, 0.1) is 0 Å². The minimum atomic E-state index is -0.810. The predicted octanol–water partition coefficient (Wildman–Crippen LogP) is 4.87. The Labute approximate surface area is 196 Å². The Morgan fingerprint density at radius 3 is 2.38 bits per heavy atom. The highest BCUT2D eigenvalue weighted by atomic mass is 16.5. The Hall–Kier alpha value is -4.45. The number of hydrogen-bond acceptors (Lipinski definition) is 5. The van der Waals surface area contributed by atoms with Gasteiger partial charge in [0.05, 0.1) is 18.4 Å². The van der Waals surface area contributed by atoms with Gasteiger partial charge in [-0.05, 0) is 46.7 Å². The minimum absolute atomic E-state index is 0.0347. The van der Waals surface area contributed by atoms with Crippen LogP contribution in [0.1, 0.15) is 22.9 Å². The molecule has 6 nitrogen and oxygen atoms in total. The number of fused-ring (bicyclic) bond motifs is 1. The molecule has 6 heteroatoms. The number of amides is 1. The van der Waals surface area contributed by atoms with Crippen molar-refractivity contribution in [1.82, 2.24) is 9.88 Å². The fourth-order valence-electron chi connectivity index (χ4n) is 4.31. The summed E-state index contributed by atoms with van der Waals surface area (Å²) < 4.78 is 5.21. The number of aliphatic hydroxyl groups excluding tert-OH is 1. The summed E-state index contributed by atoms with van der Waals surface area (Å²) in [5.41, 5.74) is 1.85. The van der Waals surface area contributed by atoms with E-state index in [0.717, 1.165) is 16.3 Å². The number of ether oxygens (including phenoxy) is 1. The fourth-order valence-corrected chi connectivity index (χ4v) is 4.31. The maximum Gasteiger partial charge on any atom is 0.296 e. The first-order valence-electron chi connectivity index (χ1n) is 10.9. The van der Waals surface area contributed by atoms with Gasteiger partial charge in [-0.3, -0.25) is 14.6 Å². The van der Waals surface area contributed by atoms with Crippen molar-refractivity contribution >= 4 is 28.2 Å². The van der Waals surface area contributed by atoms with Crippen LogP contribution in [0.5, 0.6) is 5.75 Å². The van der Waals surface area contributed by atoms with E-state index in [1.165, 1.54) is 4.90 Å². The van der Waals surface area contributed by atoms with E-state index in [-0.39, 0.29) is 17.9 Å². The highest BCUT2D eigenvalue weighted by Gasteiger charge is 2.46. The summed E-state index contributed by atoms with van der Waals surface area (Å²) in [6.45, 7) is 0.185. The number of rotatable bonds is 5. The first-order chi connectivity index (χ1) is 16.6. The van der Waals surface area contributed by atoms with Crippen molar-refractivity contribution in [3.63, 3.8) is 0 Å². The SMILES string of the molecule is COc1ccc(CN2C(=O)C(=O)/C(=C(\O)c3ccc4ccccc4c3)C2c2ccccn2)cc1. The zero-order valence-corrected chi connectivity index (χ0v) is 18.5. The summed E-state index contributed by atoms with van der Waals surface area (Å²) in [6.07, 6.45) is 1.61. The Kier molecular flexibility index (Phi) is 5.55. The number of hydrogen-bond donors (Lipinski definition) is 1. The number of ketones is 1. The number of benzene rings is 3. The van der Waals surface area contributed by atoms with E-state index >= 15 is 0 Å². The molecule has 0 spiro atoms. The van der Waals surface area contributed by atoms with Gasteiger partial charge in [0.15, 0.2) is 0 Å². The Bertz CT molecular complexity index is 1410. The molecular formula is C28H22N2O4. The molecule has 1 aromatic heterocycles. The van der Waals surface area contributed by atoms with Gasteiger partial charge in [0.25, 0.3) is 11.7 Å². The number of methoxy groups -OCH3 is 1. The monoisotopic (exact) mass is 450 g/mol. The quantitative estimate of drug-likeness (QED) is 0.267. The first kappa shape index (κ1) is 21.4. The lowest BCUT2D eigenvalue weighted by molar-refractivity contribution is -0.140. The van der Waals surface area contributed by atoms with Gasteiger partial charge < -0.3 is 14.7 Å². The summed E-state index contributed by atoms with van der Waals surface area (Å²) in [5.74, 6) is -0.913. The summed E-state index contributed by atoms with van der Waals surface area (Å²) >= 11 is 0. The predicted molar refractivity (Wildman–Crippen MR) is 129 cm³/mol. The third-order valence-corrected chi connectivity index (χ3v) is 6.04. The van der Waals surface area contributed by atoms with Gasteiger partial charge in [-0.1, -0.05) is 54.6 Å². The second-order valence-electron chi connectivity index (χ2n) is 8.09. The fraction of sp³-hybridized carbons (Fsp3) is 0.107. The van der Waals surface area contributed by atoms with E-state index in [9.17, 15) is 14.7 Å². The average molecular weight is 450 g/mol. The topological polar surface area (TPSA) is 79.7 Å². The number of carbonyl (C=O) groups excluding carboxylic acids is 2. The molecule has 0 radical (unpaired) electrons. The molecule has 1 N–H and O–H groups in total. The molecular weight excluding hydrogens is 428 g/mol. The second kappa shape index (κ2) is 8.83. The number of pyridine rings is 1. The number of aliphatic hydroxyl groups is 1. The van der Waals surface area contributed by atoms with Crippen molar-refractivity contribution in [1.29, 1.82) is 0 Å². The molecule has 0 bridgehead atoms. The van der Waals surface area contributed by atoms with Crippen LogP contribution in [0.15, 0.2) is 96.7 Å². The smallest absolute Gasteiger partial charge is 0.296 e. The normalized spacial score (nSPS) is 17.3. The summed E-state index contributed by atoms with van der Waals surface area (Å²) in [5, 5.41) is 13.2. The molecule has 2 heterocycles. The summed E-state index contributed by atoms with van der Waals surface area (Å²) in [4.78, 5) is 32.2. The van der Waals surface area contributed by atoms with Crippen molar-refractivity contribution in [3.8, 4) is 5.75 Å². The molecule has 1 atom stereocenters. The lowest BCUT2D eigenvalue weighted by Crippen LogP contribution is -2.29. The number of carbonyl (C=O) groups is 2. The molecule has 4 aromatic rings. The van der Waals surface area contributed by atoms with E-state index < -0.39 is 17.7 Å².